The second-order valence-electron chi connectivity index (χ2n) is 12.7. The van der Waals surface area contributed by atoms with Crippen molar-refractivity contribution in [3.05, 3.63) is 145 Å². The van der Waals surface area contributed by atoms with E-state index in [4.69, 9.17) is 0 Å². The average molecular weight is 569 g/mol. The molecule has 0 saturated carbocycles. The number of benzene rings is 6. The Morgan fingerprint density at radius 2 is 0.727 bits per heavy atom. The topological polar surface area (TPSA) is 9.86 Å². The molecule has 0 N–H and O–H groups in total. The lowest BCUT2D eigenvalue weighted by molar-refractivity contribution is 0.865. The molecule has 0 amide bonds. The molecule has 0 unspecified atom stereocenters. The minimum Gasteiger partial charge on any atom is -0.309 e. The van der Waals surface area contributed by atoms with Gasteiger partial charge < -0.3 is 9.13 Å². The number of aromatic nitrogens is 2. The Balaban J connectivity index is 1.29. The Kier molecular flexibility index (Phi) is 6.20. The molecule has 0 spiro atoms. The SMILES string of the molecule is CC(C)c1ccc(-n2c3ccccc3c3cc(-c4ccc5c(c4)c4ccccc4n5-c4ccc(C(C)C)cc4)ccc32)cc1. The van der Waals surface area contributed by atoms with Crippen molar-refractivity contribution < 1.29 is 0 Å². The first-order valence-electron chi connectivity index (χ1n) is 15.8. The molecule has 0 aliphatic carbocycles. The maximum Gasteiger partial charge on any atom is 0.0541 e. The van der Waals surface area contributed by atoms with Gasteiger partial charge in [0.15, 0.2) is 0 Å². The van der Waals surface area contributed by atoms with Gasteiger partial charge in [-0.2, -0.15) is 0 Å². The van der Waals surface area contributed by atoms with E-state index in [0.29, 0.717) is 11.8 Å². The van der Waals surface area contributed by atoms with Crippen LogP contribution in [0.2, 0.25) is 0 Å². The van der Waals surface area contributed by atoms with Crippen LogP contribution in [-0.4, -0.2) is 9.13 Å². The summed E-state index contributed by atoms with van der Waals surface area (Å²) < 4.78 is 4.81. The zero-order valence-corrected chi connectivity index (χ0v) is 25.8. The first-order chi connectivity index (χ1) is 21.5. The molecular weight excluding hydrogens is 532 g/mol. The lowest BCUT2D eigenvalue weighted by Crippen LogP contribution is -1.95. The minimum absolute atomic E-state index is 0.515. The summed E-state index contributed by atoms with van der Waals surface area (Å²) in [5.41, 5.74) is 12.5. The molecule has 2 heteroatoms. The summed E-state index contributed by atoms with van der Waals surface area (Å²) in [5.74, 6) is 1.03. The molecule has 0 saturated heterocycles. The van der Waals surface area contributed by atoms with Crippen LogP contribution in [-0.2, 0) is 0 Å². The molecule has 8 rings (SSSR count). The van der Waals surface area contributed by atoms with Crippen molar-refractivity contribution in [2.75, 3.05) is 0 Å². The van der Waals surface area contributed by atoms with Gasteiger partial charge in [-0.3, -0.25) is 0 Å². The summed E-state index contributed by atoms with van der Waals surface area (Å²) in [6.07, 6.45) is 0. The van der Waals surface area contributed by atoms with Crippen LogP contribution in [0.1, 0.15) is 50.7 Å². The van der Waals surface area contributed by atoms with Gasteiger partial charge in [0.25, 0.3) is 0 Å². The summed E-state index contributed by atoms with van der Waals surface area (Å²) in [5, 5.41) is 5.11. The molecule has 2 nitrogen and oxygen atoms in total. The van der Waals surface area contributed by atoms with Crippen LogP contribution in [0, 0.1) is 0 Å². The third kappa shape index (κ3) is 4.17. The quantitative estimate of drug-likeness (QED) is 0.195. The van der Waals surface area contributed by atoms with E-state index in [2.05, 4.69) is 170 Å². The average Bonchev–Trinajstić information content (AvgIpc) is 3.57. The highest BCUT2D eigenvalue weighted by Crippen LogP contribution is 2.38. The van der Waals surface area contributed by atoms with Gasteiger partial charge in [0.2, 0.25) is 0 Å². The lowest BCUT2D eigenvalue weighted by Gasteiger charge is -2.11. The number of para-hydroxylation sites is 2. The highest BCUT2D eigenvalue weighted by Gasteiger charge is 2.16. The number of hydrogen-bond acceptors (Lipinski definition) is 0. The largest absolute Gasteiger partial charge is 0.309 e. The van der Waals surface area contributed by atoms with Crippen LogP contribution in [0.15, 0.2) is 133 Å². The smallest absolute Gasteiger partial charge is 0.0541 e. The maximum atomic E-state index is 2.40. The van der Waals surface area contributed by atoms with Crippen molar-refractivity contribution in [3.8, 4) is 22.5 Å². The van der Waals surface area contributed by atoms with E-state index in [9.17, 15) is 0 Å². The molecule has 6 aromatic carbocycles. The Hall–Kier alpha value is -5.08. The van der Waals surface area contributed by atoms with Crippen LogP contribution >= 0.6 is 0 Å². The van der Waals surface area contributed by atoms with Crippen LogP contribution < -0.4 is 0 Å². The summed E-state index contributed by atoms with van der Waals surface area (Å²) in [4.78, 5) is 0. The van der Waals surface area contributed by atoms with Gasteiger partial charge in [0.1, 0.15) is 0 Å². The van der Waals surface area contributed by atoms with Gasteiger partial charge in [0.05, 0.1) is 22.1 Å². The fraction of sp³-hybridized carbons (Fsp3) is 0.143. The molecule has 0 aliphatic heterocycles. The molecule has 0 radical (unpaired) electrons. The van der Waals surface area contributed by atoms with Crippen molar-refractivity contribution in [3.63, 3.8) is 0 Å². The van der Waals surface area contributed by atoms with Gasteiger partial charge in [-0.1, -0.05) is 100 Å². The van der Waals surface area contributed by atoms with Gasteiger partial charge in [-0.25, -0.2) is 0 Å². The van der Waals surface area contributed by atoms with Gasteiger partial charge in [-0.15, -0.1) is 0 Å². The summed E-state index contributed by atoms with van der Waals surface area (Å²) >= 11 is 0. The number of nitrogens with zero attached hydrogens (tertiary/aromatic N) is 2. The molecule has 8 aromatic rings. The summed E-state index contributed by atoms with van der Waals surface area (Å²) in [6, 6.07) is 49.6. The van der Waals surface area contributed by atoms with E-state index in [0.717, 1.165) is 0 Å². The molecule has 0 aliphatic rings. The maximum absolute atomic E-state index is 2.40. The number of fused-ring (bicyclic) bond motifs is 6. The Bertz CT molecular complexity index is 2140. The van der Waals surface area contributed by atoms with Crippen molar-refractivity contribution >= 4 is 43.6 Å². The monoisotopic (exact) mass is 568 g/mol. The van der Waals surface area contributed by atoms with Gasteiger partial charge in [0, 0.05) is 32.9 Å². The van der Waals surface area contributed by atoms with E-state index in [1.54, 1.807) is 0 Å². The predicted molar refractivity (Wildman–Crippen MR) is 189 cm³/mol. The lowest BCUT2D eigenvalue weighted by atomic mass is 10.0. The Labute approximate surface area is 258 Å². The predicted octanol–water partition coefficient (Wildman–Crippen LogP) is 11.8. The van der Waals surface area contributed by atoms with Crippen LogP contribution in [0.3, 0.4) is 0 Å². The molecule has 2 heterocycles. The van der Waals surface area contributed by atoms with Crippen molar-refractivity contribution in [2.24, 2.45) is 0 Å². The van der Waals surface area contributed by atoms with Crippen molar-refractivity contribution in [1.29, 1.82) is 0 Å². The van der Waals surface area contributed by atoms with E-state index in [-0.39, 0.29) is 0 Å². The molecule has 214 valence electrons. The molecule has 0 fully saturated rings. The minimum atomic E-state index is 0.515. The summed E-state index contributed by atoms with van der Waals surface area (Å²) in [6.45, 7) is 8.98. The molecule has 2 aromatic heterocycles. The molecule has 0 atom stereocenters. The van der Waals surface area contributed by atoms with Gasteiger partial charge >= 0.3 is 0 Å². The van der Waals surface area contributed by atoms with Crippen molar-refractivity contribution in [2.45, 2.75) is 39.5 Å². The zero-order valence-electron chi connectivity index (χ0n) is 25.8. The fourth-order valence-corrected chi connectivity index (χ4v) is 6.88. The first-order valence-corrected chi connectivity index (χ1v) is 15.8. The van der Waals surface area contributed by atoms with E-state index < -0.39 is 0 Å². The molecular formula is C42H36N2. The van der Waals surface area contributed by atoms with Gasteiger partial charge in [-0.05, 0) is 94.8 Å². The third-order valence-electron chi connectivity index (χ3n) is 9.31. The Morgan fingerprint density at radius 3 is 1.11 bits per heavy atom. The summed E-state index contributed by atoms with van der Waals surface area (Å²) in [7, 11) is 0. The van der Waals surface area contributed by atoms with Crippen molar-refractivity contribution in [1.82, 2.24) is 9.13 Å². The molecule has 0 bridgehead atoms. The number of rotatable bonds is 5. The standard InChI is InChI=1S/C42H36N2/c1-27(2)29-13-19-33(20-14-29)43-39-11-7-5-9-35(39)37-25-31(17-23-41(37)43)32-18-24-42-38(26-32)36-10-6-8-12-40(36)44(42)34-21-15-30(16-22-34)28(3)4/h5-28H,1-4H3. The fourth-order valence-electron chi connectivity index (χ4n) is 6.88. The second-order valence-corrected chi connectivity index (χ2v) is 12.7. The normalized spacial score (nSPS) is 12.0. The third-order valence-corrected chi connectivity index (χ3v) is 9.31. The van der Waals surface area contributed by atoms with Crippen LogP contribution in [0.5, 0.6) is 0 Å². The number of hydrogen-bond donors (Lipinski definition) is 0. The van der Waals surface area contributed by atoms with E-state index in [1.165, 1.54) is 77.2 Å². The van der Waals surface area contributed by atoms with Crippen LogP contribution in [0.25, 0.3) is 66.1 Å². The van der Waals surface area contributed by atoms with Crippen LogP contribution in [0.4, 0.5) is 0 Å². The second kappa shape index (κ2) is 10.3. The first kappa shape index (κ1) is 26.5. The van der Waals surface area contributed by atoms with E-state index in [1.807, 2.05) is 0 Å². The zero-order chi connectivity index (χ0) is 29.9. The highest BCUT2D eigenvalue weighted by molar-refractivity contribution is 6.12. The molecule has 44 heavy (non-hydrogen) atoms. The highest BCUT2D eigenvalue weighted by atomic mass is 15.0. The van der Waals surface area contributed by atoms with E-state index >= 15 is 0 Å². The Morgan fingerprint density at radius 1 is 0.364 bits per heavy atom.